The molecule has 326 valence electrons. The van der Waals surface area contributed by atoms with Crippen LogP contribution in [0.3, 0.4) is 0 Å². The molecule has 5 aromatic carbocycles. The minimum atomic E-state index is -0.856. The van der Waals surface area contributed by atoms with E-state index in [0.717, 1.165) is 28.8 Å². The number of hydrogen-bond donors (Lipinski definition) is 1. The van der Waals surface area contributed by atoms with Crippen LogP contribution < -0.4 is 18.9 Å². The Morgan fingerprint density at radius 1 is 0.571 bits per heavy atom. The van der Waals surface area contributed by atoms with Crippen LogP contribution >= 0.6 is 23.5 Å². The minimum Gasteiger partial charge on any atom is -0.494 e. The summed E-state index contributed by atoms with van der Waals surface area (Å²) in [4.78, 5) is 62.4. The number of thioether (sulfide) groups is 2. The van der Waals surface area contributed by atoms with Crippen molar-refractivity contribution in [3.63, 3.8) is 0 Å². The van der Waals surface area contributed by atoms with Gasteiger partial charge in [0.15, 0.2) is 0 Å². The molecule has 0 aromatic heterocycles. The van der Waals surface area contributed by atoms with Crippen molar-refractivity contribution in [3.8, 4) is 23.0 Å². The lowest BCUT2D eigenvalue weighted by Gasteiger charge is -2.13. The van der Waals surface area contributed by atoms with E-state index in [4.69, 9.17) is 28.4 Å². The molecule has 0 saturated heterocycles. The van der Waals surface area contributed by atoms with Crippen LogP contribution in [0.2, 0.25) is 0 Å². The van der Waals surface area contributed by atoms with E-state index >= 15 is 0 Å². The summed E-state index contributed by atoms with van der Waals surface area (Å²) in [5.41, 5.74) is 1.48. The zero-order valence-electron chi connectivity index (χ0n) is 34.5. The van der Waals surface area contributed by atoms with Crippen LogP contribution in [0.5, 0.6) is 23.0 Å². The minimum absolute atomic E-state index is 0.175. The van der Waals surface area contributed by atoms with Gasteiger partial charge in [0.2, 0.25) is 5.12 Å². The van der Waals surface area contributed by atoms with Gasteiger partial charge in [-0.15, -0.1) is 0 Å². The van der Waals surface area contributed by atoms with Gasteiger partial charge >= 0.3 is 23.9 Å². The number of ether oxygens (including phenoxy) is 6. The highest BCUT2D eigenvalue weighted by Gasteiger charge is 2.16. The van der Waals surface area contributed by atoms with Gasteiger partial charge in [-0.25, -0.2) is 19.2 Å². The summed E-state index contributed by atoms with van der Waals surface area (Å²) in [6.07, 6.45) is 4.98. The van der Waals surface area contributed by atoms with Crippen LogP contribution in [-0.4, -0.2) is 60.5 Å². The maximum Gasteiger partial charge on any atom is 0.343 e. The van der Waals surface area contributed by atoms with E-state index in [0.29, 0.717) is 96.5 Å². The summed E-state index contributed by atoms with van der Waals surface area (Å²) in [7, 11) is 0. The summed E-state index contributed by atoms with van der Waals surface area (Å²) in [5.74, 6) is -0.247. The quantitative estimate of drug-likeness (QED) is 0.0165. The zero-order valence-corrected chi connectivity index (χ0v) is 36.2. The van der Waals surface area contributed by atoms with Gasteiger partial charge in [0.05, 0.1) is 37.6 Å². The molecule has 0 aliphatic heterocycles. The van der Waals surface area contributed by atoms with Crippen molar-refractivity contribution in [2.75, 3.05) is 26.4 Å². The molecular weight excluding hydrogens is 845 g/mol. The predicted molar refractivity (Wildman–Crippen MR) is 240 cm³/mol. The third-order valence-electron chi connectivity index (χ3n) is 8.89. The lowest BCUT2D eigenvalue weighted by molar-refractivity contribution is -0.138. The average Bonchev–Trinajstić information content (AvgIpc) is 3.30. The molecule has 0 bridgehead atoms. The first-order valence-electron chi connectivity index (χ1n) is 19.9. The normalized spacial score (nSPS) is 11.1. The number of carbonyl (C=O) groups excluding carboxylic acids is 5. The van der Waals surface area contributed by atoms with Crippen molar-refractivity contribution in [2.45, 2.75) is 47.8 Å². The number of benzene rings is 5. The van der Waals surface area contributed by atoms with Crippen molar-refractivity contribution < 1.29 is 57.5 Å². The Morgan fingerprint density at radius 2 is 1.03 bits per heavy atom. The van der Waals surface area contributed by atoms with Crippen molar-refractivity contribution in [3.05, 3.63) is 168 Å². The second-order valence-corrected chi connectivity index (χ2v) is 15.8. The maximum absolute atomic E-state index is 13.0. The largest absolute Gasteiger partial charge is 0.494 e. The fraction of sp³-hybridized carbons (Fsp3) is 0.204. The van der Waals surface area contributed by atoms with E-state index in [1.807, 2.05) is 0 Å². The molecule has 0 heterocycles. The Bertz CT molecular complexity index is 2340. The highest BCUT2D eigenvalue weighted by atomic mass is 32.2. The first-order valence-corrected chi connectivity index (χ1v) is 21.6. The van der Waals surface area contributed by atoms with Crippen molar-refractivity contribution in [2.24, 2.45) is 0 Å². The number of aliphatic hydroxyl groups excluding tert-OH is 1. The molecule has 1 atom stereocenters. The molecular formula is C49H46O12S2. The highest BCUT2D eigenvalue weighted by Crippen LogP contribution is 2.34. The Kier molecular flexibility index (Phi) is 18.6. The Morgan fingerprint density at radius 3 is 1.56 bits per heavy atom. The SMILES string of the molecule is C=CC(=O)OCCCCOc1ccc(C(=O)Sc2ccc(C(=O)Oc3ccc(OC(=O)c4ccc(SC(O)c5ccc(OCCCCOC(=O)C=C)cc5)cc4)c(C)c3)cc2)cc1. The second kappa shape index (κ2) is 24.7. The van der Waals surface area contributed by atoms with Gasteiger partial charge in [0.25, 0.3) is 0 Å². The lowest BCUT2D eigenvalue weighted by Crippen LogP contribution is -2.10. The van der Waals surface area contributed by atoms with Crippen molar-refractivity contribution in [1.82, 2.24) is 0 Å². The van der Waals surface area contributed by atoms with Crippen molar-refractivity contribution >= 4 is 52.5 Å². The molecule has 0 aliphatic carbocycles. The number of rotatable bonds is 23. The van der Waals surface area contributed by atoms with Gasteiger partial charge in [0, 0.05) is 27.5 Å². The molecule has 0 aliphatic rings. The number of esters is 4. The van der Waals surface area contributed by atoms with Crippen LogP contribution in [-0.2, 0) is 19.1 Å². The standard InChI is InChI=1S/C49H46O12S2/c1-4-44(50)58-30-8-6-28-56-38-18-10-36(11-19-38)48(54)62-41-23-14-34(15-24-41)46(52)60-40-22-27-43(33(3)32-40)61-47(53)35-16-25-42(26-17-35)63-49(55)37-12-20-39(21-13-37)57-29-7-9-31-59-45(51)5-2/h4-5,10-27,32,49,55H,1-2,6-9,28-31H2,3H3. The molecule has 63 heavy (non-hydrogen) atoms. The molecule has 12 nitrogen and oxygen atoms in total. The van der Waals surface area contributed by atoms with E-state index in [9.17, 15) is 29.1 Å². The van der Waals surface area contributed by atoms with E-state index in [1.54, 1.807) is 116 Å². The van der Waals surface area contributed by atoms with Crippen LogP contribution in [0.4, 0.5) is 0 Å². The van der Waals surface area contributed by atoms with Gasteiger partial charge in [-0.2, -0.15) is 0 Å². The van der Waals surface area contributed by atoms with E-state index in [-0.39, 0.29) is 16.4 Å². The van der Waals surface area contributed by atoms with Gasteiger partial charge in [-0.1, -0.05) is 37.1 Å². The summed E-state index contributed by atoms with van der Waals surface area (Å²) < 4.78 is 32.5. The highest BCUT2D eigenvalue weighted by molar-refractivity contribution is 8.14. The summed E-state index contributed by atoms with van der Waals surface area (Å²) in [6.45, 7) is 9.94. The van der Waals surface area contributed by atoms with Crippen LogP contribution in [0.25, 0.3) is 0 Å². The molecule has 14 heteroatoms. The lowest BCUT2D eigenvalue weighted by atomic mass is 10.2. The van der Waals surface area contributed by atoms with Gasteiger partial charge in [-0.05, 0) is 159 Å². The second-order valence-electron chi connectivity index (χ2n) is 13.6. The van der Waals surface area contributed by atoms with E-state index in [2.05, 4.69) is 13.2 Å². The molecule has 1 unspecified atom stereocenters. The molecule has 0 amide bonds. The summed E-state index contributed by atoms with van der Waals surface area (Å²) in [5, 5.41) is 10.6. The molecule has 5 aromatic rings. The van der Waals surface area contributed by atoms with E-state index < -0.39 is 29.3 Å². The van der Waals surface area contributed by atoms with E-state index in [1.165, 1.54) is 17.8 Å². The summed E-state index contributed by atoms with van der Waals surface area (Å²) >= 11 is 2.24. The number of aryl methyl sites for hydroxylation is 1. The number of carbonyl (C=O) groups is 5. The molecule has 0 spiro atoms. The molecule has 0 radical (unpaired) electrons. The molecule has 0 fully saturated rings. The Hall–Kier alpha value is -6.61. The van der Waals surface area contributed by atoms with Crippen LogP contribution in [0.15, 0.2) is 150 Å². The fourth-order valence-electron chi connectivity index (χ4n) is 5.48. The van der Waals surface area contributed by atoms with Crippen LogP contribution in [0.1, 0.15) is 73.3 Å². The first kappa shape index (κ1) is 47.4. The third-order valence-corrected chi connectivity index (χ3v) is 10.9. The van der Waals surface area contributed by atoms with Crippen molar-refractivity contribution in [1.29, 1.82) is 0 Å². The Labute approximate surface area is 374 Å². The smallest absolute Gasteiger partial charge is 0.343 e. The molecule has 5 rings (SSSR count). The number of aliphatic hydroxyl groups is 1. The average molecular weight is 891 g/mol. The first-order chi connectivity index (χ1) is 30.5. The Balaban J connectivity index is 1.03. The number of unbranched alkanes of at least 4 members (excludes halogenated alkanes) is 2. The molecule has 0 saturated carbocycles. The maximum atomic E-state index is 13.0. The van der Waals surface area contributed by atoms with Gasteiger partial charge < -0.3 is 33.5 Å². The topological polar surface area (TPSA) is 161 Å². The van der Waals surface area contributed by atoms with Gasteiger partial charge in [0.1, 0.15) is 28.4 Å². The molecule has 1 N–H and O–H groups in total. The summed E-state index contributed by atoms with van der Waals surface area (Å²) in [6, 6.07) is 31.8. The zero-order chi connectivity index (χ0) is 45.0. The monoisotopic (exact) mass is 890 g/mol. The predicted octanol–water partition coefficient (Wildman–Crippen LogP) is 9.93. The third kappa shape index (κ3) is 15.7. The number of hydrogen-bond acceptors (Lipinski definition) is 14. The van der Waals surface area contributed by atoms with Crippen LogP contribution in [0, 0.1) is 6.92 Å². The van der Waals surface area contributed by atoms with Gasteiger partial charge in [-0.3, -0.25) is 4.79 Å². The fourth-order valence-corrected chi connectivity index (χ4v) is 7.07.